The molecule has 2 amide bonds. The summed E-state index contributed by atoms with van der Waals surface area (Å²) < 4.78 is 41.4. The van der Waals surface area contributed by atoms with Crippen molar-refractivity contribution < 1.29 is 33.0 Å². The van der Waals surface area contributed by atoms with Gasteiger partial charge in [0.05, 0.1) is 29.1 Å². The third kappa shape index (κ3) is 6.15. The number of nitrogens with one attached hydrogen (secondary N) is 1. The van der Waals surface area contributed by atoms with E-state index in [9.17, 15) is 19.1 Å². The maximum atomic E-state index is 15.3. The van der Waals surface area contributed by atoms with E-state index in [0.29, 0.717) is 33.7 Å². The molecule has 4 aromatic rings. The van der Waals surface area contributed by atoms with Gasteiger partial charge in [-0.05, 0) is 55.3 Å². The van der Waals surface area contributed by atoms with Gasteiger partial charge in [-0.2, -0.15) is 0 Å². The Balaban J connectivity index is 1.46. The first kappa shape index (κ1) is 33.5. The number of fused-ring (bicyclic) bond motifs is 1. The van der Waals surface area contributed by atoms with Gasteiger partial charge in [0.1, 0.15) is 46.5 Å². The minimum Gasteiger partial charge on any atom is -0.489 e. The van der Waals surface area contributed by atoms with Gasteiger partial charge in [0.2, 0.25) is 5.91 Å². The molecule has 48 heavy (non-hydrogen) atoms. The number of hydrogen-bond donors (Lipinski definition) is 4. The van der Waals surface area contributed by atoms with Crippen LogP contribution in [0.5, 0.6) is 11.5 Å². The highest BCUT2D eigenvalue weighted by atomic mass is 35.5. The highest BCUT2D eigenvalue weighted by Gasteiger charge is 2.46. The number of rotatable bonds is 11. The van der Waals surface area contributed by atoms with Gasteiger partial charge in [0.15, 0.2) is 0 Å². The van der Waals surface area contributed by atoms with Crippen LogP contribution in [0.25, 0.3) is 11.3 Å². The number of benzene rings is 3. The topological polar surface area (TPSA) is 150 Å². The van der Waals surface area contributed by atoms with E-state index in [0.717, 1.165) is 18.9 Å². The maximum absolute atomic E-state index is 15.3. The normalized spacial score (nSPS) is 18.0. The third-order valence-corrected chi connectivity index (χ3v) is 9.77. The van der Waals surface area contributed by atoms with Crippen molar-refractivity contribution in [3.8, 4) is 22.8 Å². The molecule has 0 radical (unpaired) electrons. The Hall–Kier alpha value is -4.39. The van der Waals surface area contributed by atoms with Gasteiger partial charge in [-0.3, -0.25) is 9.59 Å². The minimum absolute atomic E-state index is 0.0343. The summed E-state index contributed by atoms with van der Waals surface area (Å²) >= 11 is 7.52. The molecule has 0 saturated heterocycles. The van der Waals surface area contributed by atoms with E-state index in [-0.39, 0.29) is 51.6 Å². The Labute approximate surface area is 285 Å². The van der Waals surface area contributed by atoms with Crippen molar-refractivity contribution in [3.05, 3.63) is 99.7 Å². The molecule has 2 atom stereocenters. The number of pyridine rings is 1. The first-order valence-electron chi connectivity index (χ1n) is 15.3. The van der Waals surface area contributed by atoms with E-state index in [4.69, 9.17) is 32.5 Å². The lowest BCUT2D eigenvalue weighted by molar-refractivity contribution is -0.123. The van der Waals surface area contributed by atoms with Gasteiger partial charge < -0.3 is 31.4 Å². The van der Waals surface area contributed by atoms with E-state index in [1.807, 2.05) is 6.92 Å². The Kier molecular flexibility index (Phi) is 9.01. The van der Waals surface area contributed by atoms with Gasteiger partial charge in [0, 0.05) is 27.7 Å². The highest BCUT2D eigenvalue weighted by molar-refractivity contribution is 7.99. The summed E-state index contributed by atoms with van der Waals surface area (Å²) in [7, 11) is 0. The summed E-state index contributed by atoms with van der Waals surface area (Å²) in [6.07, 6.45) is 1.85. The number of primary amides is 1. The Morgan fingerprint density at radius 1 is 1.17 bits per heavy atom. The molecule has 6 rings (SSSR count). The van der Waals surface area contributed by atoms with Crippen LogP contribution in [0.1, 0.15) is 53.9 Å². The van der Waals surface area contributed by atoms with E-state index in [1.54, 1.807) is 49.4 Å². The number of thioether (sulfide) groups is 1. The molecule has 1 fully saturated rings. The molecule has 1 aromatic heterocycles. The van der Waals surface area contributed by atoms with Gasteiger partial charge in [-0.25, -0.2) is 13.8 Å². The van der Waals surface area contributed by atoms with Crippen molar-refractivity contribution in [1.82, 2.24) is 10.3 Å². The monoisotopic (exact) mass is 694 g/mol. The van der Waals surface area contributed by atoms with Crippen molar-refractivity contribution in [1.29, 1.82) is 0 Å². The number of ether oxygens (including phenoxy) is 2. The molecule has 1 saturated carbocycles. The second-order valence-corrected chi connectivity index (χ2v) is 13.7. The number of nitrogens with zero attached hydrogens (tertiary/aromatic N) is 1. The summed E-state index contributed by atoms with van der Waals surface area (Å²) in [5.74, 6) is -2.07. The highest BCUT2D eigenvalue weighted by Crippen LogP contribution is 2.47. The lowest BCUT2D eigenvalue weighted by Gasteiger charge is -2.30. The minimum atomic E-state index is -2.04. The van der Waals surface area contributed by atoms with Crippen molar-refractivity contribution in [3.63, 3.8) is 0 Å². The molecule has 2 aliphatic rings. The number of hydrogen-bond acceptors (Lipinski definition) is 8. The number of amides is 2. The van der Waals surface area contributed by atoms with Gasteiger partial charge in [0.25, 0.3) is 5.91 Å². The summed E-state index contributed by atoms with van der Waals surface area (Å²) in [6.45, 7) is 2.94. The predicted octanol–water partition coefficient (Wildman–Crippen LogP) is 5.72. The number of carbonyl (C=O) groups is 2. The fourth-order valence-corrected chi connectivity index (χ4v) is 6.46. The standard InChI is InChI=1S/C35H33ClF2N4O5S/c1-3-48-27-12-18(11-26(29(27)39)47-20-9-10-20)32(43)41-16-35(45,19-7-5-4-6-8-19)28-14-22-31(46-17-34(22,2)33(40)44)30(42-28)21-13-23(36)25(38)15-24(21)37/h4-8,11-15,20,45H,3,9-10,16-17,39H2,1-2H3,(H2,40,44)(H,41,43)/t34-,35+/m0/s1. The van der Waals surface area contributed by atoms with Crippen LogP contribution in [0.15, 0.2) is 65.6 Å². The zero-order valence-corrected chi connectivity index (χ0v) is 27.7. The molecule has 1 aliphatic carbocycles. The van der Waals surface area contributed by atoms with Crippen LogP contribution >= 0.6 is 23.4 Å². The Morgan fingerprint density at radius 2 is 1.90 bits per heavy atom. The SMILES string of the molecule is CCSc1cc(C(=O)NC[C@@](O)(c2ccccc2)c2cc3c(c(-c4cc(Cl)c(F)cc4F)n2)OC[C@]3(C)C(N)=O)cc(OC2CC2)c1N. The summed E-state index contributed by atoms with van der Waals surface area (Å²) in [5.41, 5.74) is 9.62. The average molecular weight is 695 g/mol. The fraction of sp³-hybridized carbons (Fsp3) is 0.286. The number of nitrogens with two attached hydrogens (primary N) is 2. The van der Waals surface area contributed by atoms with Gasteiger partial charge in [-0.15, -0.1) is 11.8 Å². The van der Waals surface area contributed by atoms with Crippen molar-refractivity contribution in [2.24, 2.45) is 5.73 Å². The number of nitrogen functional groups attached to an aromatic ring is 1. The van der Waals surface area contributed by atoms with E-state index >= 15 is 4.39 Å². The van der Waals surface area contributed by atoms with Crippen LogP contribution in [-0.2, 0) is 15.8 Å². The molecule has 250 valence electrons. The summed E-state index contributed by atoms with van der Waals surface area (Å²) in [5, 5.41) is 15.0. The van der Waals surface area contributed by atoms with Gasteiger partial charge >= 0.3 is 0 Å². The molecule has 3 aromatic carbocycles. The molecule has 1 aliphatic heterocycles. The zero-order valence-electron chi connectivity index (χ0n) is 26.1. The summed E-state index contributed by atoms with van der Waals surface area (Å²) in [4.78, 5) is 31.8. The first-order valence-corrected chi connectivity index (χ1v) is 16.6. The second kappa shape index (κ2) is 12.9. The third-order valence-electron chi connectivity index (χ3n) is 8.55. The van der Waals surface area contributed by atoms with E-state index in [2.05, 4.69) is 10.3 Å². The molecular formula is C35H33ClF2N4O5S. The number of aliphatic hydroxyl groups is 1. The smallest absolute Gasteiger partial charge is 0.251 e. The lowest BCUT2D eigenvalue weighted by Crippen LogP contribution is -2.43. The molecule has 6 N–H and O–H groups in total. The largest absolute Gasteiger partial charge is 0.489 e. The van der Waals surface area contributed by atoms with Crippen molar-refractivity contribution in [2.45, 2.75) is 48.7 Å². The van der Waals surface area contributed by atoms with Crippen molar-refractivity contribution >= 4 is 40.9 Å². The van der Waals surface area contributed by atoms with E-state index < -0.39 is 41.0 Å². The fourth-order valence-electron chi connectivity index (χ4n) is 5.52. The Morgan fingerprint density at radius 3 is 2.56 bits per heavy atom. The predicted molar refractivity (Wildman–Crippen MR) is 179 cm³/mol. The van der Waals surface area contributed by atoms with Crippen molar-refractivity contribution in [2.75, 3.05) is 24.6 Å². The van der Waals surface area contributed by atoms with Crippen LogP contribution in [0.2, 0.25) is 5.02 Å². The number of carbonyl (C=O) groups excluding carboxylic acids is 2. The van der Waals surface area contributed by atoms with Crippen LogP contribution < -0.4 is 26.3 Å². The van der Waals surface area contributed by atoms with E-state index in [1.165, 1.54) is 17.8 Å². The molecule has 0 bridgehead atoms. The first-order chi connectivity index (χ1) is 22.9. The zero-order chi connectivity index (χ0) is 34.4. The van der Waals surface area contributed by atoms with Crippen LogP contribution in [0.4, 0.5) is 14.5 Å². The van der Waals surface area contributed by atoms with Crippen LogP contribution in [0, 0.1) is 11.6 Å². The lowest BCUT2D eigenvalue weighted by atomic mass is 9.80. The number of halogens is 3. The van der Waals surface area contributed by atoms with Crippen LogP contribution in [-0.4, -0.2) is 46.9 Å². The molecule has 2 heterocycles. The molecule has 13 heteroatoms. The molecular weight excluding hydrogens is 662 g/mol. The maximum Gasteiger partial charge on any atom is 0.251 e. The molecule has 0 unspecified atom stereocenters. The number of aromatic nitrogens is 1. The van der Waals surface area contributed by atoms with Gasteiger partial charge in [-0.1, -0.05) is 48.9 Å². The molecule has 0 spiro atoms. The van der Waals surface area contributed by atoms with Crippen LogP contribution in [0.3, 0.4) is 0 Å². The number of anilines is 1. The second-order valence-electron chi connectivity index (χ2n) is 12.0. The average Bonchev–Trinajstić information content (AvgIpc) is 3.83. The quantitative estimate of drug-likeness (QED) is 0.0886. The Bertz CT molecular complexity index is 1930. The summed E-state index contributed by atoms with van der Waals surface area (Å²) in [6, 6.07) is 14.8. The molecule has 9 nitrogen and oxygen atoms in total.